The van der Waals surface area contributed by atoms with Gasteiger partial charge in [0.15, 0.2) is 0 Å². The van der Waals surface area contributed by atoms with Crippen molar-refractivity contribution in [3.63, 3.8) is 0 Å². The van der Waals surface area contributed by atoms with Crippen molar-refractivity contribution in [2.75, 3.05) is 35.7 Å². The second-order valence-corrected chi connectivity index (χ2v) is 5.80. The Bertz CT molecular complexity index is 347. The maximum Gasteiger partial charge on any atom is 0.133 e. The van der Waals surface area contributed by atoms with Crippen molar-refractivity contribution in [2.24, 2.45) is 0 Å². The molecule has 1 heterocycles. The minimum atomic E-state index is 0.886. The number of nitrogens with zero attached hydrogens (tertiary/aromatic N) is 2. The molecule has 1 rings (SSSR count). The van der Waals surface area contributed by atoms with Gasteiger partial charge in [0.25, 0.3) is 0 Å². The first-order chi connectivity index (χ1) is 9.80. The number of anilines is 2. The standard InChI is InChI=1S/C15H28N4S/c1-4-9-13-18-14(16-5-2)12-15(19-13)17-10-7-6-8-11-20-3/h12H,4-11H2,1-3H3,(H2,16,17,18,19). The van der Waals surface area contributed by atoms with Gasteiger partial charge in [-0.1, -0.05) is 13.3 Å². The number of nitrogens with one attached hydrogen (secondary N) is 2. The SMILES string of the molecule is CCCc1nc(NCC)cc(NCCCCCSC)n1. The molecule has 0 amide bonds. The molecule has 0 aromatic carbocycles. The first-order valence-corrected chi connectivity index (χ1v) is 9.04. The van der Waals surface area contributed by atoms with Crippen LogP contribution in [0.25, 0.3) is 0 Å². The average Bonchev–Trinajstić information content (AvgIpc) is 2.43. The van der Waals surface area contributed by atoms with E-state index in [1.165, 1.54) is 25.0 Å². The second-order valence-electron chi connectivity index (χ2n) is 4.82. The molecule has 0 saturated carbocycles. The molecule has 0 radical (unpaired) electrons. The van der Waals surface area contributed by atoms with E-state index in [1.54, 1.807) is 0 Å². The van der Waals surface area contributed by atoms with E-state index in [0.717, 1.165) is 43.4 Å². The minimum absolute atomic E-state index is 0.886. The Balaban J connectivity index is 2.46. The fraction of sp³-hybridized carbons (Fsp3) is 0.733. The molecule has 0 spiro atoms. The van der Waals surface area contributed by atoms with E-state index >= 15 is 0 Å². The predicted molar refractivity (Wildman–Crippen MR) is 90.9 cm³/mol. The zero-order valence-corrected chi connectivity index (χ0v) is 13.9. The van der Waals surface area contributed by atoms with Crippen molar-refractivity contribution < 1.29 is 0 Å². The molecule has 5 heteroatoms. The van der Waals surface area contributed by atoms with E-state index in [-0.39, 0.29) is 0 Å². The molecule has 0 unspecified atom stereocenters. The summed E-state index contributed by atoms with van der Waals surface area (Å²) in [5, 5.41) is 6.69. The van der Waals surface area contributed by atoms with Crippen molar-refractivity contribution in [3.8, 4) is 0 Å². The van der Waals surface area contributed by atoms with E-state index in [0.29, 0.717) is 0 Å². The van der Waals surface area contributed by atoms with Gasteiger partial charge in [0.1, 0.15) is 17.5 Å². The van der Waals surface area contributed by atoms with Gasteiger partial charge in [-0.3, -0.25) is 0 Å². The summed E-state index contributed by atoms with van der Waals surface area (Å²) in [7, 11) is 0. The van der Waals surface area contributed by atoms with Crippen LogP contribution in [0.15, 0.2) is 6.07 Å². The molecule has 0 atom stereocenters. The van der Waals surface area contributed by atoms with Gasteiger partial charge in [-0.2, -0.15) is 11.8 Å². The normalized spacial score (nSPS) is 10.6. The maximum absolute atomic E-state index is 4.57. The molecule has 0 aliphatic rings. The molecular formula is C15H28N4S. The number of unbranched alkanes of at least 4 members (excludes halogenated alkanes) is 2. The lowest BCUT2D eigenvalue weighted by Crippen LogP contribution is -2.09. The van der Waals surface area contributed by atoms with Crippen molar-refractivity contribution in [2.45, 2.75) is 46.0 Å². The van der Waals surface area contributed by atoms with Gasteiger partial charge in [-0.05, 0) is 38.2 Å². The Labute approximate surface area is 127 Å². The van der Waals surface area contributed by atoms with E-state index in [4.69, 9.17) is 0 Å². The van der Waals surface area contributed by atoms with E-state index < -0.39 is 0 Å². The lowest BCUT2D eigenvalue weighted by molar-refractivity contribution is 0.746. The summed E-state index contributed by atoms with van der Waals surface area (Å²) >= 11 is 1.92. The van der Waals surface area contributed by atoms with E-state index in [1.807, 2.05) is 17.8 Å². The van der Waals surface area contributed by atoms with Crippen LogP contribution in [0.5, 0.6) is 0 Å². The van der Waals surface area contributed by atoms with Crippen LogP contribution < -0.4 is 10.6 Å². The summed E-state index contributed by atoms with van der Waals surface area (Å²) in [5.41, 5.74) is 0. The number of thioether (sulfide) groups is 1. The molecule has 114 valence electrons. The Hall–Kier alpha value is -0.970. The zero-order chi connectivity index (χ0) is 14.6. The number of rotatable bonds is 11. The van der Waals surface area contributed by atoms with Crippen molar-refractivity contribution in [3.05, 3.63) is 11.9 Å². The van der Waals surface area contributed by atoms with Crippen LogP contribution in [0.1, 0.15) is 45.4 Å². The highest BCUT2D eigenvalue weighted by atomic mass is 32.2. The summed E-state index contributed by atoms with van der Waals surface area (Å²) in [4.78, 5) is 9.09. The van der Waals surface area contributed by atoms with Crippen LogP contribution in [-0.4, -0.2) is 35.1 Å². The Kier molecular flexibility index (Phi) is 9.20. The molecule has 0 aliphatic heterocycles. The lowest BCUT2D eigenvalue weighted by Gasteiger charge is -2.10. The molecule has 0 saturated heterocycles. The summed E-state index contributed by atoms with van der Waals surface area (Å²) < 4.78 is 0. The van der Waals surface area contributed by atoms with Crippen LogP contribution in [0.2, 0.25) is 0 Å². The van der Waals surface area contributed by atoms with Crippen molar-refractivity contribution in [1.82, 2.24) is 9.97 Å². The van der Waals surface area contributed by atoms with Crippen molar-refractivity contribution in [1.29, 1.82) is 0 Å². The third kappa shape index (κ3) is 6.98. The molecule has 0 bridgehead atoms. The number of hydrogen-bond donors (Lipinski definition) is 2. The monoisotopic (exact) mass is 296 g/mol. The van der Waals surface area contributed by atoms with Gasteiger partial charge in [0.05, 0.1) is 0 Å². The van der Waals surface area contributed by atoms with Gasteiger partial charge in [0.2, 0.25) is 0 Å². The molecule has 2 N–H and O–H groups in total. The molecule has 0 aliphatic carbocycles. The van der Waals surface area contributed by atoms with Crippen LogP contribution in [-0.2, 0) is 6.42 Å². The first kappa shape index (κ1) is 17.1. The van der Waals surface area contributed by atoms with Crippen LogP contribution in [0.3, 0.4) is 0 Å². The largest absolute Gasteiger partial charge is 0.370 e. The van der Waals surface area contributed by atoms with Crippen LogP contribution in [0.4, 0.5) is 11.6 Å². The third-order valence-corrected chi connectivity index (χ3v) is 3.63. The first-order valence-electron chi connectivity index (χ1n) is 7.64. The van der Waals surface area contributed by atoms with E-state index in [2.05, 4.69) is 40.7 Å². The quantitative estimate of drug-likeness (QED) is 0.608. The third-order valence-electron chi connectivity index (χ3n) is 2.94. The molecule has 1 aromatic rings. The highest BCUT2D eigenvalue weighted by molar-refractivity contribution is 7.98. The molecule has 0 fully saturated rings. The topological polar surface area (TPSA) is 49.8 Å². The fourth-order valence-corrected chi connectivity index (χ4v) is 2.45. The molecule has 4 nitrogen and oxygen atoms in total. The Morgan fingerprint density at radius 1 is 1.05 bits per heavy atom. The predicted octanol–water partition coefficient (Wildman–Crippen LogP) is 3.81. The Morgan fingerprint density at radius 2 is 1.80 bits per heavy atom. The second kappa shape index (κ2) is 10.8. The smallest absolute Gasteiger partial charge is 0.133 e. The van der Waals surface area contributed by atoms with E-state index in [9.17, 15) is 0 Å². The van der Waals surface area contributed by atoms with Gasteiger partial charge >= 0.3 is 0 Å². The minimum Gasteiger partial charge on any atom is -0.370 e. The Morgan fingerprint density at radius 3 is 2.45 bits per heavy atom. The summed E-state index contributed by atoms with van der Waals surface area (Å²) in [6, 6.07) is 2.00. The van der Waals surface area contributed by atoms with Gasteiger partial charge < -0.3 is 10.6 Å². The van der Waals surface area contributed by atoms with Crippen molar-refractivity contribution >= 4 is 23.4 Å². The zero-order valence-electron chi connectivity index (χ0n) is 13.0. The van der Waals surface area contributed by atoms with Crippen LogP contribution in [0, 0.1) is 0 Å². The summed E-state index contributed by atoms with van der Waals surface area (Å²) in [5.74, 6) is 4.06. The lowest BCUT2D eigenvalue weighted by atomic mass is 10.2. The van der Waals surface area contributed by atoms with Crippen LogP contribution >= 0.6 is 11.8 Å². The highest BCUT2D eigenvalue weighted by Crippen LogP contribution is 2.13. The highest BCUT2D eigenvalue weighted by Gasteiger charge is 2.03. The number of aryl methyl sites for hydroxylation is 1. The molecule has 1 aromatic heterocycles. The summed E-state index contributed by atoms with van der Waals surface area (Å²) in [6.45, 7) is 6.11. The van der Waals surface area contributed by atoms with Gasteiger partial charge in [-0.15, -0.1) is 0 Å². The number of aromatic nitrogens is 2. The fourth-order valence-electron chi connectivity index (χ4n) is 1.96. The van der Waals surface area contributed by atoms with Gasteiger partial charge in [0, 0.05) is 25.6 Å². The molecular weight excluding hydrogens is 268 g/mol. The number of hydrogen-bond acceptors (Lipinski definition) is 5. The summed E-state index contributed by atoms with van der Waals surface area (Å²) in [6.07, 6.45) is 7.95. The molecule has 20 heavy (non-hydrogen) atoms. The maximum atomic E-state index is 4.57. The average molecular weight is 296 g/mol. The van der Waals surface area contributed by atoms with Gasteiger partial charge in [-0.25, -0.2) is 9.97 Å².